The molecule has 2 N–H and O–H groups in total. The Morgan fingerprint density at radius 1 is 1.23 bits per heavy atom. The van der Waals surface area contributed by atoms with Gasteiger partial charge in [-0.1, -0.05) is 26.3 Å². The van der Waals surface area contributed by atoms with Crippen LogP contribution in [-0.4, -0.2) is 44.2 Å². The van der Waals surface area contributed by atoms with Crippen LogP contribution >= 0.6 is 0 Å². The largest absolute Gasteiger partial charge is 0.493 e. The van der Waals surface area contributed by atoms with E-state index in [0.717, 1.165) is 62.3 Å². The van der Waals surface area contributed by atoms with E-state index in [-0.39, 0.29) is 17.9 Å². The van der Waals surface area contributed by atoms with Crippen molar-refractivity contribution in [2.24, 2.45) is 17.6 Å². The van der Waals surface area contributed by atoms with Gasteiger partial charge in [0.2, 0.25) is 5.91 Å². The van der Waals surface area contributed by atoms with E-state index in [1.165, 1.54) is 0 Å². The summed E-state index contributed by atoms with van der Waals surface area (Å²) in [5.74, 6) is 2.26. The minimum atomic E-state index is 0.0860. The lowest BCUT2D eigenvalue weighted by atomic mass is 9.85. The van der Waals surface area contributed by atoms with Gasteiger partial charge in [0.05, 0.1) is 14.2 Å². The summed E-state index contributed by atoms with van der Waals surface area (Å²) in [6.45, 7) is 5.82. The fraction of sp³-hybridized carbons (Fsp3) is 0.667. The molecule has 1 aromatic carbocycles. The van der Waals surface area contributed by atoms with E-state index in [1.54, 1.807) is 14.2 Å². The average Bonchev–Trinajstić information content (AvgIpc) is 2.63. The number of hydrogen-bond donors (Lipinski definition) is 1. The molecule has 1 amide bonds. The Balaban J connectivity index is 2.04. The number of carbonyl (C=O) groups excluding carboxylic acids is 1. The molecule has 1 aliphatic rings. The summed E-state index contributed by atoms with van der Waals surface area (Å²) in [4.78, 5) is 15.1. The molecule has 0 heterocycles. The molecule has 2 atom stereocenters. The number of hydrogen-bond acceptors (Lipinski definition) is 4. The summed E-state index contributed by atoms with van der Waals surface area (Å²) >= 11 is 0. The van der Waals surface area contributed by atoms with E-state index in [4.69, 9.17) is 15.2 Å². The molecular weight excluding hydrogens is 328 g/mol. The highest BCUT2D eigenvalue weighted by atomic mass is 16.5. The number of methoxy groups -OCH3 is 2. The Morgan fingerprint density at radius 2 is 1.96 bits per heavy atom. The minimum absolute atomic E-state index is 0.0860. The molecule has 0 spiro atoms. The molecular formula is C21H34N2O3. The van der Waals surface area contributed by atoms with Crippen LogP contribution in [0.25, 0.3) is 0 Å². The molecule has 1 aromatic rings. The van der Waals surface area contributed by atoms with Crippen molar-refractivity contribution in [1.29, 1.82) is 0 Å². The number of nitrogens with two attached hydrogens (primary N) is 1. The lowest BCUT2D eigenvalue weighted by molar-refractivity contribution is -0.137. The predicted octanol–water partition coefficient (Wildman–Crippen LogP) is 3.25. The molecule has 5 nitrogen and oxygen atoms in total. The molecule has 0 radical (unpaired) electrons. The van der Waals surface area contributed by atoms with Gasteiger partial charge >= 0.3 is 0 Å². The van der Waals surface area contributed by atoms with Gasteiger partial charge in [-0.05, 0) is 49.3 Å². The molecule has 2 unspecified atom stereocenters. The molecule has 1 aliphatic carbocycles. The van der Waals surface area contributed by atoms with Crippen molar-refractivity contribution < 1.29 is 14.3 Å². The van der Waals surface area contributed by atoms with Crippen molar-refractivity contribution in [3.05, 3.63) is 23.8 Å². The summed E-state index contributed by atoms with van der Waals surface area (Å²) in [6, 6.07) is 6.12. The van der Waals surface area contributed by atoms with E-state index >= 15 is 0 Å². The third kappa shape index (κ3) is 5.63. The second-order valence-corrected chi connectivity index (χ2v) is 7.74. The first kappa shape index (κ1) is 20.6. The quantitative estimate of drug-likeness (QED) is 0.771. The van der Waals surface area contributed by atoms with Gasteiger partial charge in [-0.3, -0.25) is 4.79 Å². The van der Waals surface area contributed by atoms with Gasteiger partial charge < -0.3 is 20.1 Å². The fourth-order valence-electron chi connectivity index (χ4n) is 3.74. The van der Waals surface area contributed by atoms with Crippen molar-refractivity contribution in [2.75, 3.05) is 27.3 Å². The lowest BCUT2D eigenvalue weighted by Crippen LogP contribution is -2.43. The van der Waals surface area contributed by atoms with Crippen molar-refractivity contribution in [3.8, 4) is 11.5 Å². The highest BCUT2D eigenvalue weighted by Gasteiger charge is 2.29. The Morgan fingerprint density at radius 3 is 2.58 bits per heavy atom. The van der Waals surface area contributed by atoms with Crippen LogP contribution in [0.4, 0.5) is 0 Å². The van der Waals surface area contributed by atoms with Gasteiger partial charge in [-0.25, -0.2) is 0 Å². The summed E-state index contributed by atoms with van der Waals surface area (Å²) in [5, 5.41) is 0. The van der Waals surface area contributed by atoms with Crippen LogP contribution in [0.1, 0.15) is 45.1 Å². The van der Waals surface area contributed by atoms with E-state index in [2.05, 4.69) is 13.8 Å². The normalized spacial score (nSPS) is 20.1. The molecule has 146 valence electrons. The van der Waals surface area contributed by atoms with E-state index in [0.29, 0.717) is 5.92 Å². The molecule has 0 bridgehead atoms. The van der Waals surface area contributed by atoms with E-state index in [1.807, 2.05) is 23.1 Å². The maximum absolute atomic E-state index is 13.0. The number of amides is 1. The van der Waals surface area contributed by atoms with Crippen LogP contribution in [0, 0.1) is 11.8 Å². The number of rotatable bonds is 8. The van der Waals surface area contributed by atoms with Crippen molar-refractivity contribution in [2.45, 2.75) is 52.0 Å². The second kappa shape index (κ2) is 9.81. The predicted molar refractivity (Wildman–Crippen MR) is 105 cm³/mol. The fourth-order valence-corrected chi connectivity index (χ4v) is 3.74. The molecule has 1 saturated carbocycles. The zero-order chi connectivity index (χ0) is 19.1. The van der Waals surface area contributed by atoms with Crippen molar-refractivity contribution >= 4 is 5.91 Å². The molecule has 26 heavy (non-hydrogen) atoms. The van der Waals surface area contributed by atoms with Crippen LogP contribution in [0.2, 0.25) is 0 Å². The van der Waals surface area contributed by atoms with Crippen LogP contribution in [0.5, 0.6) is 11.5 Å². The van der Waals surface area contributed by atoms with Crippen LogP contribution in [-0.2, 0) is 11.2 Å². The summed E-state index contributed by atoms with van der Waals surface area (Å²) in [6.07, 6.45) is 4.70. The third-order valence-electron chi connectivity index (χ3n) is 5.08. The first-order valence-corrected chi connectivity index (χ1v) is 9.69. The van der Waals surface area contributed by atoms with Crippen molar-refractivity contribution in [1.82, 2.24) is 4.90 Å². The standard InChI is InChI=1S/C21H34N2O3/c1-15(2)14-23(21(24)17-6-5-7-18(22)13-17)11-10-16-8-9-19(25-3)20(12-16)26-4/h8-9,12,15,17-18H,5-7,10-11,13-14,22H2,1-4H3. The van der Waals surface area contributed by atoms with Crippen molar-refractivity contribution in [3.63, 3.8) is 0 Å². The molecule has 1 fully saturated rings. The summed E-state index contributed by atoms with van der Waals surface area (Å²) in [5.41, 5.74) is 7.24. The van der Waals surface area contributed by atoms with Gasteiger partial charge in [-0.15, -0.1) is 0 Å². The van der Waals surface area contributed by atoms with Crippen LogP contribution < -0.4 is 15.2 Å². The van der Waals surface area contributed by atoms with E-state index in [9.17, 15) is 4.79 Å². The smallest absolute Gasteiger partial charge is 0.225 e. The van der Waals surface area contributed by atoms with Gasteiger partial charge in [0.1, 0.15) is 0 Å². The van der Waals surface area contributed by atoms with Crippen LogP contribution in [0.15, 0.2) is 18.2 Å². The Hall–Kier alpha value is -1.75. The monoisotopic (exact) mass is 362 g/mol. The highest BCUT2D eigenvalue weighted by Crippen LogP contribution is 2.28. The molecule has 5 heteroatoms. The molecule has 0 aliphatic heterocycles. The number of nitrogens with zero attached hydrogens (tertiary/aromatic N) is 1. The summed E-state index contributed by atoms with van der Waals surface area (Å²) in [7, 11) is 3.28. The Kier molecular flexibility index (Phi) is 7.76. The number of benzene rings is 1. The number of carbonyl (C=O) groups is 1. The maximum Gasteiger partial charge on any atom is 0.225 e. The lowest BCUT2D eigenvalue weighted by Gasteiger charge is -2.32. The SMILES string of the molecule is COc1ccc(CCN(CC(C)C)C(=O)C2CCCC(N)C2)cc1OC. The number of ether oxygens (including phenoxy) is 2. The zero-order valence-electron chi connectivity index (χ0n) is 16.7. The highest BCUT2D eigenvalue weighted by molar-refractivity contribution is 5.79. The maximum atomic E-state index is 13.0. The first-order chi connectivity index (χ1) is 12.4. The molecule has 2 rings (SSSR count). The van der Waals surface area contributed by atoms with Gasteiger partial charge in [0.15, 0.2) is 11.5 Å². The van der Waals surface area contributed by atoms with E-state index < -0.39 is 0 Å². The second-order valence-electron chi connectivity index (χ2n) is 7.74. The third-order valence-corrected chi connectivity index (χ3v) is 5.08. The summed E-state index contributed by atoms with van der Waals surface area (Å²) < 4.78 is 10.7. The topological polar surface area (TPSA) is 64.8 Å². The van der Waals surface area contributed by atoms with Gasteiger partial charge in [0.25, 0.3) is 0 Å². The Labute approximate surface area is 157 Å². The molecule has 0 aromatic heterocycles. The Bertz CT molecular complexity index is 589. The minimum Gasteiger partial charge on any atom is -0.493 e. The molecule has 0 saturated heterocycles. The zero-order valence-corrected chi connectivity index (χ0v) is 16.7. The van der Waals surface area contributed by atoms with Crippen LogP contribution in [0.3, 0.4) is 0 Å². The van der Waals surface area contributed by atoms with Gasteiger partial charge in [-0.2, -0.15) is 0 Å². The van der Waals surface area contributed by atoms with Gasteiger partial charge in [0, 0.05) is 25.0 Å². The average molecular weight is 363 g/mol. The first-order valence-electron chi connectivity index (χ1n) is 9.69.